The number of aromatic nitrogens is 2. The standard InChI is InChI=1S/C20H20N4O2/c1-14-21-19(22-26-14)15-8-10-17(11-9-15)23(2)18-12-24(13-18)20(25)16-6-4-3-5-7-16/h3-11,18H,12-13H2,1-2H3. The van der Waals surface area contributed by atoms with E-state index in [9.17, 15) is 4.79 Å². The highest BCUT2D eigenvalue weighted by Gasteiger charge is 2.33. The summed E-state index contributed by atoms with van der Waals surface area (Å²) in [6, 6.07) is 17.8. The summed E-state index contributed by atoms with van der Waals surface area (Å²) in [5, 5.41) is 3.94. The number of likely N-dealkylation sites (tertiary alicyclic amines) is 1. The highest BCUT2D eigenvalue weighted by atomic mass is 16.5. The van der Waals surface area contributed by atoms with Gasteiger partial charge in [-0.2, -0.15) is 4.98 Å². The Balaban J connectivity index is 1.38. The molecule has 1 aliphatic rings. The van der Waals surface area contributed by atoms with Crippen LogP contribution in [0.2, 0.25) is 0 Å². The number of amides is 1. The Morgan fingerprint density at radius 2 is 1.81 bits per heavy atom. The molecule has 1 fully saturated rings. The molecule has 2 aromatic carbocycles. The molecule has 3 aromatic rings. The van der Waals surface area contributed by atoms with E-state index in [1.165, 1.54) is 0 Å². The summed E-state index contributed by atoms with van der Waals surface area (Å²) in [4.78, 5) is 20.8. The zero-order chi connectivity index (χ0) is 18.1. The van der Waals surface area contributed by atoms with E-state index < -0.39 is 0 Å². The molecule has 0 saturated carbocycles. The van der Waals surface area contributed by atoms with Crippen LogP contribution < -0.4 is 4.90 Å². The lowest BCUT2D eigenvalue weighted by atomic mass is 10.0. The van der Waals surface area contributed by atoms with Gasteiger partial charge in [0.2, 0.25) is 11.7 Å². The molecule has 4 rings (SSSR count). The van der Waals surface area contributed by atoms with Crippen LogP contribution in [0.3, 0.4) is 0 Å². The van der Waals surface area contributed by atoms with Crippen LogP contribution in [-0.4, -0.2) is 47.1 Å². The molecule has 6 nitrogen and oxygen atoms in total. The van der Waals surface area contributed by atoms with Crippen molar-refractivity contribution in [2.24, 2.45) is 0 Å². The van der Waals surface area contributed by atoms with E-state index in [-0.39, 0.29) is 5.91 Å². The van der Waals surface area contributed by atoms with Gasteiger partial charge in [-0.25, -0.2) is 0 Å². The van der Waals surface area contributed by atoms with Crippen LogP contribution in [0, 0.1) is 6.92 Å². The first-order valence-electron chi connectivity index (χ1n) is 8.60. The fourth-order valence-corrected chi connectivity index (χ4v) is 3.10. The van der Waals surface area contributed by atoms with Crippen molar-refractivity contribution in [2.75, 3.05) is 25.0 Å². The second-order valence-corrected chi connectivity index (χ2v) is 6.52. The predicted octanol–water partition coefficient (Wildman–Crippen LogP) is 3.01. The number of aryl methyl sites for hydroxylation is 1. The van der Waals surface area contributed by atoms with Crippen molar-refractivity contribution in [3.8, 4) is 11.4 Å². The Labute approximate surface area is 152 Å². The summed E-state index contributed by atoms with van der Waals surface area (Å²) in [6.45, 7) is 3.24. The summed E-state index contributed by atoms with van der Waals surface area (Å²) < 4.78 is 5.02. The molecule has 6 heteroatoms. The van der Waals surface area contributed by atoms with Crippen LogP contribution in [0.5, 0.6) is 0 Å². The summed E-state index contributed by atoms with van der Waals surface area (Å²) in [6.07, 6.45) is 0. The lowest BCUT2D eigenvalue weighted by Gasteiger charge is -2.45. The van der Waals surface area contributed by atoms with Gasteiger partial charge in [0, 0.05) is 43.9 Å². The fraction of sp³-hybridized carbons (Fsp3) is 0.250. The average molecular weight is 348 g/mol. The highest BCUT2D eigenvalue weighted by Crippen LogP contribution is 2.25. The van der Waals surface area contributed by atoms with Gasteiger partial charge in [-0.05, 0) is 36.4 Å². The Kier molecular flexibility index (Phi) is 4.16. The highest BCUT2D eigenvalue weighted by molar-refractivity contribution is 5.94. The van der Waals surface area contributed by atoms with E-state index in [1.54, 1.807) is 6.92 Å². The van der Waals surface area contributed by atoms with Gasteiger partial charge in [0.15, 0.2) is 0 Å². The molecule has 1 aliphatic heterocycles. The van der Waals surface area contributed by atoms with Crippen molar-refractivity contribution in [1.82, 2.24) is 15.0 Å². The maximum atomic E-state index is 12.4. The summed E-state index contributed by atoms with van der Waals surface area (Å²) in [7, 11) is 2.06. The Bertz CT molecular complexity index is 899. The summed E-state index contributed by atoms with van der Waals surface area (Å²) in [5.41, 5.74) is 2.77. The van der Waals surface area contributed by atoms with Gasteiger partial charge in [0.1, 0.15) is 0 Å². The van der Waals surface area contributed by atoms with Crippen LogP contribution in [0.15, 0.2) is 59.1 Å². The molecular formula is C20H20N4O2. The minimum atomic E-state index is 0.0954. The van der Waals surface area contributed by atoms with Crippen molar-refractivity contribution in [1.29, 1.82) is 0 Å². The van der Waals surface area contributed by atoms with Gasteiger partial charge >= 0.3 is 0 Å². The number of rotatable bonds is 4. The molecule has 1 amide bonds. The summed E-state index contributed by atoms with van der Waals surface area (Å²) in [5.74, 6) is 1.25. The third-order valence-corrected chi connectivity index (χ3v) is 4.78. The maximum absolute atomic E-state index is 12.4. The third-order valence-electron chi connectivity index (χ3n) is 4.78. The second-order valence-electron chi connectivity index (χ2n) is 6.52. The molecule has 1 saturated heterocycles. The van der Waals surface area contributed by atoms with Gasteiger partial charge in [-0.3, -0.25) is 4.79 Å². The average Bonchev–Trinajstić information content (AvgIpc) is 3.07. The largest absolute Gasteiger partial charge is 0.368 e. The van der Waals surface area contributed by atoms with Crippen LogP contribution in [-0.2, 0) is 0 Å². The molecule has 0 unspecified atom stereocenters. The molecule has 0 atom stereocenters. The number of anilines is 1. The van der Waals surface area contributed by atoms with Gasteiger partial charge < -0.3 is 14.3 Å². The van der Waals surface area contributed by atoms with Crippen LogP contribution in [0.4, 0.5) is 5.69 Å². The number of carbonyl (C=O) groups is 1. The van der Waals surface area contributed by atoms with Gasteiger partial charge in [-0.15, -0.1) is 0 Å². The molecule has 1 aromatic heterocycles. The normalized spacial score (nSPS) is 14.2. The summed E-state index contributed by atoms with van der Waals surface area (Å²) >= 11 is 0. The SMILES string of the molecule is Cc1nc(-c2ccc(N(C)C3CN(C(=O)c4ccccc4)C3)cc2)no1. The Morgan fingerprint density at radius 3 is 2.42 bits per heavy atom. The molecule has 132 valence electrons. The molecule has 0 bridgehead atoms. The van der Waals surface area contributed by atoms with E-state index in [4.69, 9.17) is 4.52 Å². The smallest absolute Gasteiger partial charge is 0.253 e. The molecule has 0 spiro atoms. The van der Waals surface area contributed by atoms with Crippen molar-refractivity contribution < 1.29 is 9.32 Å². The quantitative estimate of drug-likeness (QED) is 0.725. The zero-order valence-electron chi connectivity index (χ0n) is 14.8. The first kappa shape index (κ1) is 16.3. The molecule has 0 N–H and O–H groups in total. The van der Waals surface area contributed by atoms with Crippen molar-refractivity contribution in [2.45, 2.75) is 13.0 Å². The van der Waals surface area contributed by atoms with E-state index in [0.717, 1.165) is 29.9 Å². The van der Waals surface area contributed by atoms with Crippen molar-refractivity contribution >= 4 is 11.6 Å². The number of nitrogens with zero attached hydrogens (tertiary/aromatic N) is 4. The van der Waals surface area contributed by atoms with Crippen LogP contribution in [0.25, 0.3) is 11.4 Å². The first-order valence-corrected chi connectivity index (χ1v) is 8.60. The number of hydrogen-bond donors (Lipinski definition) is 0. The van der Waals surface area contributed by atoms with Gasteiger partial charge in [0.25, 0.3) is 5.91 Å². The Hall–Kier alpha value is -3.15. The number of likely N-dealkylation sites (N-methyl/N-ethyl adjacent to an activating group) is 1. The minimum absolute atomic E-state index is 0.0954. The maximum Gasteiger partial charge on any atom is 0.253 e. The Morgan fingerprint density at radius 1 is 1.12 bits per heavy atom. The van der Waals surface area contributed by atoms with Crippen LogP contribution >= 0.6 is 0 Å². The zero-order valence-corrected chi connectivity index (χ0v) is 14.8. The lowest BCUT2D eigenvalue weighted by Crippen LogP contribution is -2.60. The fourth-order valence-electron chi connectivity index (χ4n) is 3.10. The van der Waals surface area contributed by atoms with E-state index in [2.05, 4.69) is 22.1 Å². The number of benzene rings is 2. The molecule has 0 radical (unpaired) electrons. The lowest BCUT2D eigenvalue weighted by molar-refractivity contribution is 0.0604. The van der Waals surface area contributed by atoms with Gasteiger partial charge in [0.05, 0.1) is 6.04 Å². The van der Waals surface area contributed by atoms with Gasteiger partial charge in [-0.1, -0.05) is 23.4 Å². The van der Waals surface area contributed by atoms with Crippen LogP contribution in [0.1, 0.15) is 16.2 Å². The monoisotopic (exact) mass is 348 g/mol. The predicted molar refractivity (Wildman–Crippen MR) is 99.0 cm³/mol. The third kappa shape index (κ3) is 3.06. The minimum Gasteiger partial charge on any atom is -0.368 e. The van der Waals surface area contributed by atoms with Crippen molar-refractivity contribution in [3.05, 3.63) is 66.1 Å². The first-order chi connectivity index (χ1) is 12.6. The molecule has 2 heterocycles. The topological polar surface area (TPSA) is 62.5 Å². The second kappa shape index (κ2) is 6.63. The molecular weight excluding hydrogens is 328 g/mol. The molecule has 26 heavy (non-hydrogen) atoms. The number of carbonyl (C=O) groups excluding carboxylic acids is 1. The van der Waals surface area contributed by atoms with Crippen molar-refractivity contribution in [3.63, 3.8) is 0 Å². The molecule has 0 aliphatic carbocycles. The van der Waals surface area contributed by atoms with E-state index in [1.807, 2.05) is 59.5 Å². The van der Waals surface area contributed by atoms with E-state index >= 15 is 0 Å². The van der Waals surface area contributed by atoms with E-state index in [0.29, 0.717) is 17.8 Å². The number of hydrogen-bond acceptors (Lipinski definition) is 5.